The van der Waals surface area contributed by atoms with Gasteiger partial charge in [-0.25, -0.2) is 0 Å². The lowest BCUT2D eigenvalue weighted by Gasteiger charge is -2.53. The number of amides is 1. The first kappa shape index (κ1) is 29.3. The molecule has 6 atom stereocenters. The van der Waals surface area contributed by atoms with Crippen molar-refractivity contribution in [3.05, 3.63) is 45.7 Å². The predicted molar refractivity (Wildman–Crippen MR) is 146 cm³/mol. The van der Waals surface area contributed by atoms with Crippen LogP contribution in [-0.4, -0.2) is 85.1 Å². The van der Waals surface area contributed by atoms with Crippen molar-refractivity contribution in [2.75, 3.05) is 19.4 Å². The second-order valence-corrected chi connectivity index (χ2v) is 12.4. The number of fused-ring (bicyclic) bond motifs is 3. The summed E-state index contributed by atoms with van der Waals surface area (Å²) < 4.78 is 0. The number of likely N-dealkylation sites (N-methyl/N-ethyl adjacent to an activating group) is 1. The van der Waals surface area contributed by atoms with Gasteiger partial charge in [0.25, 0.3) is 5.91 Å². The van der Waals surface area contributed by atoms with Crippen molar-refractivity contribution in [1.29, 1.82) is 0 Å². The summed E-state index contributed by atoms with van der Waals surface area (Å²) in [5.41, 5.74) is 1.65. The summed E-state index contributed by atoms with van der Waals surface area (Å²) in [7, 11) is 2.95. The van der Waals surface area contributed by atoms with Crippen LogP contribution in [-0.2, 0) is 19.8 Å². The third-order valence-electron chi connectivity index (χ3n) is 8.79. The molecule has 1 saturated carbocycles. The van der Waals surface area contributed by atoms with E-state index in [9.17, 15) is 39.9 Å². The van der Waals surface area contributed by atoms with Crippen molar-refractivity contribution >= 4 is 39.2 Å². The molecule has 3 aliphatic rings. The monoisotopic (exact) mass is 606 g/mol. The first-order valence-electron chi connectivity index (χ1n) is 12.8. The number of carbonyl (C=O) groups is 3. The van der Waals surface area contributed by atoms with E-state index in [1.165, 1.54) is 19.0 Å². The average molecular weight is 607 g/mol. The Hall–Kier alpha value is -2.73. The zero-order valence-corrected chi connectivity index (χ0v) is 24.1. The Morgan fingerprint density at radius 1 is 1.18 bits per heavy atom. The summed E-state index contributed by atoms with van der Waals surface area (Å²) >= 11 is 3.42. The highest BCUT2D eigenvalue weighted by atomic mass is 79.9. The summed E-state index contributed by atoms with van der Waals surface area (Å²) in [4.78, 5) is 40.8. The minimum absolute atomic E-state index is 0.00964. The molecule has 0 spiro atoms. The fraction of sp³-hybridized carbons (Fsp3) is 0.536. The van der Waals surface area contributed by atoms with E-state index >= 15 is 0 Å². The first-order chi connectivity index (χ1) is 18.0. The van der Waals surface area contributed by atoms with Crippen LogP contribution in [0.25, 0.3) is 5.76 Å². The van der Waals surface area contributed by atoms with Crippen molar-refractivity contribution in [2.24, 2.45) is 17.6 Å². The van der Waals surface area contributed by atoms with Gasteiger partial charge in [0.05, 0.1) is 23.6 Å². The third kappa shape index (κ3) is 3.96. The van der Waals surface area contributed by atoms with Gasteiger partial charge in [-0.1, -0.05) is 48.8 Å². The molecule has 39 heavy (non-hydrogen) atoms. The molecule has 1 fully saturated rings. The van der Waals surface area contributed by atoms with Crippen molar-refractivity contribution < 1.29 is 39.9 Å². The van der Waals surface area contributed by atoms with Gasteiger partial charge in [0.1, 0.15) is 22.8 Å². The topological polar surface area (TPSA) is 182 Å². The standard InChI is InChI=1S/C28H35BrN2O8/c1-11-12-7-8-13(27(2,3)9-6-10-29)20(32)15(12)21(33)16-14(11)22(34)18-19(31(4)5)23(35)17(26(30)38)25(37)28(18,39)24(16)36/h7-8,11,14,18-19,22,32-34,37,39H,6,9-10H2,1-5H3,(H2,30,38)/t11-,14-,18+,19-,22-,28+/m1/s1. The number of hydrogen-bond acceptors (Lipinski definition) is 9. The van der Waals surface area contributed by atoms with Gasteiger partial charge in [-0.2, -0.15) is 0 Å². The van der Waals surface area contributed by atoms with Crippen LogP contribution in [0, 0.1) is 11.8 Å². The fourth-order valence-corrected chi connectivity index (χ4v) is 7.09. The molecule has 212 valence electrons. The van der Waals surface area contributed by atoms with E-state index in [0.717, 1.165) is 11.8 Å². The van der Waals surface area contributed by atoms with E-state index in [1.54, 1.807) is 19.1 Å². The van der Waals surface area contributed by atoms with E-state index < -0.39 is 81.1 Å². The molecule has 0 heterocycles. The highest BCUT2D eigenvalue weighted by Gasteiger charge is 2.68. The van der Waals surface area contributed by atoms with Gasteiger partial charge in [0.2, 0.25) is 5.78 Å². The van der Waals surface area contributed by atoms with Crippen LogP contribution in [0.2, 0.25) is 0 Å². The van der Waals surface area contributed by atoms with Crippen molar-refractivity contribution in [3.63, 3.8) is 0 Å². The van der Waals surface area contributed by atoms with E-state index in [4.69, 9.17) is 5.73 Å². The number of carbonyl (C=O) groups excluding carboxylic acids is 3. The molecule has 10 nitrogen and oxygen atoms in total. The van der Waals surface area contributed by atoms with E-state index in [1.807, 2.05) is 13.8 Å². The number of phenolic OH excluding ortho intramolecular Hbond substituents is 1. The number of aromatic hydroxyl groups is 1. The number of nitrogens with two attached hydrogens (primary N) is 1. The summed E-state index contributed by atoms with van der Waals surface area (Å²) in [6, 6.07) is 2.13. The fourth-order valence-electron chi connectivity index (χ4n) is 6.81. The number of Topliss-reactive ketones (excluding diaryl/α,β-unsaturated/α-hetero) is 2. The zero-order chi connectivity index (χ0) is 29.4. The Morgan fingerprint density at radius 3 is 2.33 bits per heavy atom. The summed E-state index contributed by atoms with van der Waals surface area (Å²) in [5, 5.41) is 58.1. The molecular weight excluding hydrogens is 572 g/mol. The maximum atomic E-state index is 14.1. The average Bonchev–Trinajstić information content (AvgIpc) is 2.84. The number of primary amides is 1. The minimum atomic E-state index is -2.92. The molecule has 0 bridgehead atoms. The van der Waals surface area contributed by atoms with Gasteiger partial charge in [0, 0.05) is 22.4 Å². The van der Waals surface area contributed by atoms with Crippen molar-refractivity contribution in [2.45, 2.75) is 62.7 Å². The zero-order valence-electron chi connectivity index (χ0n) is 22.5. The molecule has 7 N–H and O–H groups in total. The molecule has 0 unspecified atom stereocenters. The van der Waals surface area contributed by atoms with Gasteiger partial charge in [-0.15, -0.1) is 0 Å². The van der Waals surface area contributed by atoms with Crippen LogP contribution in [0.4, 0.5) is 0 Å². The second-order valence-electron chi connectivity index (χ2n) is 11.7. The van der Waals surface area contributed by atoms with E-state index in [0.29, 0.717) is 17.5 Å². The second kappa shape index (κ2) is 9.72. The molecular formula is C28H35BrN2O8. The molecule has 11 heteroatoms. The van der Waals surface area contributed by atoms with Gasteiger partial charge < -0.3 is 31.3 Å². The molecule has 0 aromatic heterocycles. The molecule has 4 rings (SSSR count). The van der Waals surface area contributed by atoms with Crippen LogP contribution in [0.15, 0.2) is 29.0 Å². The molecule has 0 saturated heterocycles. The van der Waals surface area contributed by atoms with Crippen molar-refractivity contribution in [3.8, 4) is 5.75 Å². The van der Waals surface area contributed by atoms with Crippen LogP contribution >= 0.6 is 15.9 Å². The Bertz CT molecular complexity index is 1330. The largest absolute Gasteiger partial charge is 0.508 e. The molecule has 1 amide bonds. The van der Waals surface area contributed by atoms with Gasteiger partial charge >= 0.3 is 0 Å². The number of nitrogens with zero attached hydrogens (tertiary/aromatic N) is 1. The third-order valence-corrected chi connectivity index (χ3v) is 9.35. The van der Waals surface area contributed by atoms with Crippen LogP contribution in [0.5, 0.6) is 5.75 Å². The van der Waals surface area contributed by atoms with Gasteiger partial charge in [-0.05, 0) is 43.8 Å². The van der Waals surface area contributed by atoms with E-state index in [-0.39, 0.29) is 11.3 Å². The number of benzene rings is 1. The van der Waals surface area contributed by atoms with Crippen molar-refractivity contribution in [1.82, 2.24) is 4.90 Å². The molecule has 1 aromatic rings. The summed E-state index contributed by atoms with van der Waals surface area (Å²) in [6.07, 6.45) is -0.0698. The van der Waals surface area contributed by atoms with E-state index in [2.05, 4.69) is 15.9 Å². The minimum Gasteiger partial charge on any atom is -0.508 e. The normalized spacial score (nSPS) is 30.8. The maximum Gasteiger partial charge on any atom is 0.255 e. The lowest BCUT2D eigenvalue weighted by atomic mass is 9.54. The quantitative estimate of drug-likeness (QED) is 0.208. The number of hydrogen-bond donors (Lipinski definition) is 6. The van der Waals surface area contributed by atoms with Gasteiger partial charge in [0.15, 0.2) is 11.4 Å². The Labute approximate surface area is 234 Å². The Kier molecular flexibility index (Phi) is 7.29. The van der Waals surface area contributed by atoms with Crippen LogP contribution in [0.3, 0.4) is 0 Å². The van der Waals surface area contributed by atoms with Crippen LogP contribution < -0.4 is 5.73 Å². The summed E-state index contributed by atoms with van der Waals surface area (Å²) in [5.74, 6) is -8.84. The number of ketones is 2. The lowest BCUT2D eigenvalue weighted by Crippen LogP contribution is -2.70. The summed E-state index contributed by atoms with van der Waals surface area (Å²) in [6.45, 7) is 5.62. The lowest BCUT2D eigenvalue weighted by molar-refractivity contribution is -0.169. The number of rotatable bonds is 6. The Balaban J connectivity index is 2.00. The molecule has 0 radical (unpaired) electrons. The molecule has 3 aliphatic carbocycles. The number of aliphatic hydroxyl groups excluding tert-OH is 3. The highest BCUT2D eigenvalue weighted by molar-refractivity contribution is 9.09. The highest BCUT2D eigenvalue weighted by Crippen LogP contribution is 2.57. The number of aliphatic hydroxyl groups is 4. The number of alkyl halides is 1. The SMILES string of the molecule is C[C@@H]1c2ccc(C(C)(C)CCCBr)c(O)c2C(O)=C2C(=O)[C@]3(O)C(O)=C(C(N)=O)C(=O)[C@H](N(C)C)[C@H]3[C@H](O)[C@@H]21. The Morgan fingerprint density at radius 2 is 1.79 bits per heavy atom. The molecule has 0 aliphatic heterocycles. The smallest absolute Gasteiger partial charge is 0.255 e. The number of halogens is 1. The molecule has 1 aromatic carbocycles. The maximum absolute atomic E-state index is 14.1. The van der Waals surface area contributed by atoms with Crippen LogP contribution in [0.1, 0.15) is 56.2 Å². The predicted octanol–water partition coefficient (Wildman–Crippen LogP) is 1.95. The van der Waals surface area contributed by atoms with Gasteiger partial charge in [-0.3, -0.25) is 19.3 Å². The first-order valence-corrected chi connectivity index (χ1v) is 13.9. The number of phenols is 1.